The Morgan fingerprint density at radius 2 is 1.68 bits per heavy atom. The Morgan fingerprint density at radius 3 is 2.29 bits per heavy atom. The highest BCUT2D eigenvalue weighted by molar-refractivity contribution is 5.86. The smallest absolute Gasteiger partial charge is 0.407 e. The average Bonchev–Trinajstić information content (AvgIpc) is 3.38. The zero-order chi connectivity index (χ0) is 24.1. The van der Waals surface area contributed by atoms with Gasteiger partial charge in [0.05, 0.1) is 6.61 Å². The van der Waals surface area contributed by atoms with Gasteiger partial charge in [-0.25, -0.2) is 4.79 Å². The predicted octanol–water partition coefficient (Wildman–Crippen LogP) is 3.30. The molecule has 3 atom stereocenters. The highest BCUT2D eigenvalue weighted by Gasteiger charge is 2.32. The minimum atomic E-state index is -0.904. The maximum absolute atomic E-state index is 12.8. The number of carboxylic acid groups (broad SMARTS) is 1. The molecule has 0 saturated heterocycles. The monoisotopic (exact) mass is 466 g/mol. The van der Waals surface area contributed by atoms with E-state index in [-0.39, 0.29) is 43.4 Å². The van der Waals surface area contributed by atoms with Crippen LogP contribution in [0.3, 0.4) is 0 Å². The molecular formula is C26H30N2O6. The third kappa shape index (κ3) is 5.39. The second-order valence-corrected chi connectivity index (χ2v) is 8.96. The number of fused-ring (bicyclic) bond motifs is 3. The van der Waals surface area contributed by atoms with Gasteiger partial charge >= 0.3 is 12.1 Å². The molecule has 4 rings (SSSR count). The molecule has 2 aliphatic carbocycles. The van der Waals surface area contributed by atoms with E-state index < -0.39 is 18.1 Å². The third-order valence-electron chi connectivity index (χ3n) is 6.64. The Hall–Kier alpha value is -3.39. The quantitative estimate of drug-likeness (QED) is 0.523. The standard InChI is InChI=1S/C26H30N2O6/c1-33-15-23(25(31)27-17-11-10-16(12-17)13-24(29)30)28-26(32)34-14-22-20-8-4-2-6-18(20)19-7-3-5-9-21(19)22/h2-9,16-17,22-23H,10-15H2,1H3,(H,27,31)(H,28,32)(H,29,30)/t16-,17+,23?/m0/s1. The van der Waals surface area contributed by atoms with Crippen LogP contribution < -0.4 is 10.6 Å². The van der Waals surface area contributed by atoms with Crippen molar-refractivity contribution in [2.75, 3.05) is 20.3 Å². The molecule has 2 amide bonds. The van der Waals surface area contributed by atoms with Crippen molar-refractivity contribution in [1.82, 2.24) is 10.6 Å². The van der Waals surface area contributed by atoms with Crippen LogP contribution in [0, 0.1) is 5.92 Å². The average molecular weight is 467 g/mol. The predicted molar refractivity (Wildman–Crippen MR) is 125 cm³/mol. The summed E-state index contributed by atoms with van der Waals surface area (Å²) in [4.78, 5) is 36.3. The summed E-state index contributed by atoms with van der Waals surface area (Å²) in [5.74, 6) is -1.21. The summed E-state index contributed by atoms with van der Waals surface area (Å²) in [6.07, 6.45) is 1.50. The van der Waals surface area contributed by atoms with Crippen LogP contribution in [-0.2, 0) is 19.1 Å². The van der Waals surface area contributed by atoms with Crippen LogP contribution in [0.25, 0.3) is 11.1 Å². The highest BCUT2D eigenvalue weighted by atomic mass is 16.5. The van der Waals surface area contributed by atoms with E-state index in [9.17, 15) is 14.4 Å². The Kier molecular flexibility index (Phi) is 7.47. The molecule has 0 aliphatic heterocycles. The van der Waals surface area contributed by atoms with Crippen LogP contribution in [0.5, 0.6) is 0 Å². The van der Waals surface area contributed by atoms with Gasteiger partial charge in [0.1, 0.15) is 12.6 Å². The fraction of sp³-hybridized carbons (Fsp3) is 0.423. The van der Waals surface area contributed by atoms with Gasteiger partial charge in [0.25, 0.3) is 0 Å². The Morgan fingerprint density at radius 1 is 1.03 bits per heavy atom. The molecule has 2 aromatic carbocycles. The Bertz CT molecular complexity index is 1010. The van der Waals surface area contributed by atoms with Gasteiger partial charge in [0.15, 0.2) is 0 Å². The summed E-state index contributed by atoms with van der Waals surface area (Å²) in [7, 11) is 1.46. The summed E-state index contributed by atoms with van der Waals surface area (Å²) in [6.45, 7) is 0.155. The van der Waals surface area contributed by atoms with E-state index in [0.29, 0.717) is 12.8 Å². The van der Waals surface area contributed by atoms with Crippen LogP contribution in [0.2, 0.25) is 0 Å². The molecule has 2 aromatic rings. The SMILES string of the molecule is COCC(NC(=O)OCC1c2ccccc2-c2ccccc21)C(=O)N[C@@H]1CC[C@H](CC(=O)O)C1. The normalized spacial score (nSPS) is 19.7. The molecule has 0 heterocycles. The first-order valence-corrected chi connectivity index (χ1v) is 11.6. The number of nitrogens with one attached hydrogen (secondary N) is 2. The molecule has 1 unspecified atom stereocenters. The van der Waals surface area contributed by atoms with Crippen LogP contribution in [0.1, 0.15) is 42.7 Å². The lowest BCUT2D eigenvalue weighted by Gasteiger charge is -2.21. The fourth-order valence-corrected chi connectivity index (χ4v) is 5.07. The van der Waals surface area contributed by atoms with Gasteiger partial charge in [0, 0.05) is 25.5 Å². The van der Waals surface area contributed by atoms with Crippen LogP contribution in [0.4, 0.5) is 4.79 Å². The first-order valence-electron chi connectivity index (χ1n) is 11.6. The maximum Gasteiger partial charge on any atom is 0.407 e. The number of methoxy groups -OCH3 is 1. The number of alkyl carbamates (subject to hydrolysis) is 1. The fourth-order valence-electron chi connectivity index (χ4n) is 5.07. The number of carbonyl (C=O) groups excluding carboxylic acids is 2. The summed E-state index contributed by atoms with van der Waals surface area (Å²) in [5, 5.41) is 14.5. The number of carboxylic acids is 1. The minimum Gasteiger partial charge on any atom is -0.481 e. The lowest BCUT2D eigenvalue weighted by molar-refractivity contribution is -0.138. The van der Waals surface area contributed by atoms with Crippen LogP contribution >= 0.6 is 0 Å². The number of amides is 2. The third-order valence-corrected chi connectivity index (χ3v) is 6.64. The van der Waals surface area contributed by atoms with E-state index >= 15 is 0 Å². The molecule has 1 saturated carbocycles. The van der Waals surface area contributed by atoms with Gasteiger partial charge in [0.2, 0.25) is 5.91 Å². The van der Waals surface area contributed by atoms with Gasteiger partial charge in [-0.2, -0.15) is 0 Å². The first-order chi connectivity index (χ1) is 16.5. The van der Waals surface area contributed by atoms with E-state index in [4.69, 9.17) is 14.6 Å². The zero-order valence-electron chi connectivity index (χ0n) is 19.2. The zero-order valence-corrected chi connectivity index (χ0v) is 19.2. The molecule has 34 heavy (non-hydrogen) atoms. The Balaban J connectivity index is 1.33. The molecule has 2 aliphatic rings. The van der Waals surface area contributed by atoms with Crippen molar-refractivity contribution in [1.29, 1.82) is 0 Å². The number of carbonyl (C=O) groups is 3. The van der Waals surface area contributed by atoms with E-state index in [1.165, 1.54) is 7.11 Å². The lowest BCUT2D eigenvalue weighted by atomic mass is 9.98. The van der Waals surface area contributed by atoms with Crippen molar-refractivity contribution in [3.05, 3.63) is 59.7 Å². The molecule has 8 heteroatoms. The number of benzene rings is 2. The molecule has 180 valence electrons. The van der Waals surface area contributed by atoms with Crippen molar-refractivity contribution in [2.24, 2.45) is 5.92 Å². The number of rotatable bonds is 9. The summed E-state index contributed by atoms with van der Waals surface area (Å²) in [6, 6.07) is 15.1. The van der Waals surface area contributed by atoms with Gasteiger partial charge in [-0.3, -0.25) is 9.59 Å². The van der Waals surface area contributed by atoms with E-state index in [2.05, 4.69) is 22.8 Å². The molecule has 3 N–H and O–H groups in total. The summed E-state index contributed by atoms with van der Waals surface area (Å²) < 4.78 is 10.7. The highest BCUT2D eigenvalue weighted by Crippen LogP contribution is 2.44. The molecule has 0 bridgehead atoms. The second kappa shape index (κ2) is 10.7. The van der Waals surface area contributed by atoms with Crippen molar-refractivity contribution in [3.8, 4) is 11.1 Å². The summed E-state index contributed by atoms with van der Waals surface area (Å²) in [5.41, 5.74) is 4.50. The first kappa shape index (κ1) is 23.8. The van der Waals surface area contributed by atoms with E-state index in [1.54, 1.807) is 0 Å². The van der Waals surface area contributed by atoms with Crippen molar-refractivity contribution in [2.45, 2.75) is 43.7 Å². The molecule has 1 fully saturated rings. The van der Waals surface area contributed by atoms with Crippen LogP contribution in [0.15, 0.2) is 48.5 Å². The van der Waals surface area contributed by atoms with Crippen LogP contribution in [-0.4, -0.2) is 55.5 Å². The minimum absolute atomic E-state index is 0.00129. The second-order valence-electron chi connectivity index (χ2n) is 8.96. The number of ether oxygens (including phenoxy) is 2. The van der Waals surface area contributed by atoms with Crippen molar-refractivity contribution >= 4 is 18.0 Å². The molecule has 0 aromatic heterocycles. The van der Waals surface area contributed by atoms with Gasteiger partial charge in [-0.05, 0) is 47.4 Å². The van der Waals surface area contributed by atoms with Crippen molar-refractivity contribution < 1.29 is 29.0 Å². The lowest BCUT2D eigenvalue weighted by Crippen LogP contribution is -2.51. The molecular weight excluding hydrogens is 436 g/mol. The van der Waals surface area contributed by atoms with Crippen molar-refractivity contribution in [3.63, 3.8) is 0 Å². The molecule has 0 spiro atoms. The van der Waals surface area contributed by atoms with Gasteiger partial charge in [-0.15, -0.1) is 0 Å². The molecule has 8 nitrogen and oxygen atoms in total. The van der Waals surface area contributed by atoms with Gasteiger partial charge < -0.3 is 25.2 Å². The van der Waals surface area contributed by atoms with E-state index in [1.807, 2.05) is 36.4 Å². The summed E-state index contributed by atoms with van der Waals surface area (Å²) >= 11 is 0. The largest absolute Gasteiger partial charge is 0.481 e. The van der Waals surface area contributed by atoms with E-state index in [0.717, 1.165) is 28.7 Å². The van der Waals surface area contributed by atoms with Gasteiger partial charge in [-0.1, -0.05) is 48.5 Å². The maximum atomic E-state index is 12.8. The number of hydrogen-bond donors (Lipinski definition) is 3. The number of hydrogen-bond acceptors (Lipinski definition) is 5. The molecule has 0 radical (unpaired) electrons. The topological polar surface area (TPSA) is 114 Å². The Labute approximate surface area is 198 Å². The number of aliphatic carboxylic acids is 1.